The first-order valence-corrected chi connectivity index (χ1v) is 5.23. The van der Waals surface area contributed by atoms with Crippen LogP contribution < -0.4 is 0 Å². The summed E-state index contributed by atoms with van der Waals surface area (Å²) in [6.45, 7) is 2.07. The van der Waals surface area contributed by atoms with E-state index < -0.39 is 0 Å². The second-order valence-electron chi connectivity index (χ2n) is 3.23. The van der Waals surface area contributed by atoms with Crippen molar-refractivity contribution in [2.75, 3.05) is 0 Å². The number of aromatic nitrogens is 1. The molecule has 0 aliphatic heterocycles. The smallest absolute Gasteiger partial charge is 0.0704 e. The Balaban J connectivity index is 2.49. The topological polar surface area (TPSA) is 12.9 Å². The molecule has 0 spiro atoms. The van der Waals surface area contributed by atoms with Crippen molar-refractivity contribution in [2.45, 2.75) is 6.92 Å². The molecule has 1 nitrogen and oxygen atoms in total. The van der Waals surface area contributed by atoms with E-state index in [9.17, 15) is 0 Å². The van der Waals surface area contributed by atoms with Crippen LogP contribution in [0.15, 0.2) is 47.1 Å². The number of benzene rings is 1. The standard InChI is InChI=1S/C12H10BrN/c1-9-5-6-14-12(7-9)10-3-2-4-11(13)8-10/h2-8H,1H3. The number of pyridine rings is 1. The normalized spacial score (nSPS) is 10.1. The minimum atomic E-state index is 1.02. The van der Waals surface area contributed by atoms with Crippen molar-refractivity contribution < 1.29 is 0 Å². The summed E-state index contributed by atoms with van der Waals surface area (Å²) in [5.74, 6) is 0. The van der Waals surface area contributed by atoms with Gasteiger partial charge in [0, 0.05) is 16.2 Å². The fourth-order valence-electron chi connectivity index (χ4n) is 1.34. The Labute approximate surface area is 91.9 Å². The third kappa shape index (κ3) is 2.02. The van der Waals surface area contributed by atoms with Crippen molar-refractivity contribution in [2.24, 2.45) is 0 Å². The van der Waals surface area contributed by atoms with Crippen LogP contribution >= 0.6 is 15.9 Å². The Morgan fingerprint density at radius 1 is 1.14 bits per heavy atom. The molecule has 0 aliphatic rings. The fraction of sp³-hybridized carbons (Fsp3) is 0.0833. The van der Waals surface area contributed by atoms with Crippen LogP contribution in [0, 0.1) is 6.92 Å². The molecule has 0 radical (unpaired) electrons. The van der Waals surface area contributed by atoms with Gasteiger partial charge in [0.15, 0.2) is 0 Å². The molecule has 1 aromatic heterocycles. The lowest BCUT2D eigenvalue weighted by Gasteiger charge is -2.01. The van der Waals surface area contributed by atoms with Gasteiger partial charge in [-0.3, -0.25) is 4.98 Å². The number of hydrogen-bond donors (Lipinski definition) is 0. The molecular weight excluding hydrogens is 238 g/mol. The maximum absolute atomic E-state index is 4.33. The molecule has 0 atom stereocenters. The molecule has 0 amide bonds. The number of halogens is 1. The summed E-state index contributed by atoms with van der Waals surface area (Å²) in [5, 5.41) is 0. The zero-order chi connectivity index (χ0) is 9.97. The Kier molecular flexibility index (Phi) is 2.64. The molecule has 0 unspecified atom stereocenters. The maximum atomic E-state index is 4.33. The lowest BCUT2D eigenvalue weighted by Crippen LogP contribution is -1.83. The molecule has 1 heterocycles. The van der Waals surface area contributed by atoms with E-state index in [1.165, 1.54) is 5.56 Å². The lowest BCUT2D eigenvalue weighted by atomic mass is 10.1. The summed E-state index contributed by atoms with van der Waals surface area (Å²) in [7, 11) is 0. The van der Waals surface area contributed by atoms with Crippen LogP contribution in [0.2, 0.25) is 0 Å². The molecule has 0 saturated heterocycles. The summed E-state index contributed by atoms with van der Waals surface area (Å²) in [5.41, 5.74) is 3.39. The molecule has 0 saturated carbocycles. The van der Waals surface area contributed by atoms with Crippen molar-refractivity contribution in [3.8, 4) is 11.3 Å². The Bertz CT molecular complexity index is 408. The van der Waals surface area contributed by atoms with E-state index in [2.05, 4.69) is 46.0 Å². The van der Waals surface area contributed by atoms with Gasteiger partial charge in [-0.15, -0.1) is 0 Å². The first-order valence-electron chi connectivity index (χ1n) is 4.44. The number of aryl methyl sites for hydroxylation is 1. The van der Waals surface area contributed by atoms with Crippen LogP contribution in [-0.2, 0) is 0 Å². The third-order valence-corrected chi connectivity index (χ3v) is 2.53. The predicted molar refractivity (Wildman–Crippen MR) is 62.1 cm³/mol. The molecular formula is C12H10BrN. The number of rotatable bonds is 1. The van der Waals surface area contributed by atoms with Gasteiger partial charge >= 0.3 is 0 Å². The van der Waals surface area contributed by atoms with E-state index in [0.717, 1.165) is 15.7 Å². The predicted octanol–water partition coefficient (Wildman–Crippen LogP) is 3.82. The first-order chi connectivity index (χ1) is 6.75. The molecule has 1 aromatic carbocycles. The zero-order valence-corrected chi connectivity index (χ0v) is 9.45. The van der Waals surface area contributed by atoms with Gasteiger partial charge in [0.05, 0.1) is 5.69 Å². The third-order valence-electron chi connectivity index (χ3n) is 2.04. The minimum absolute atomic E-state index is 1.02. The van der Waals surface area contributed by atoms with Crippen molar-refractivity contribution in [3.05, 3.63) is 52.6 Å². The van der Waals surface area contributed by atoms with Crippen LogP contribution in [0.25, 0.3) is 11.3 Å². The van der Waals surface area contributed by atoms with Crippen LogP contribution in [0.4, 0.5) is 0 Å². The summed E-state index contributed by atoms with van der Waals surface area (Å²) in [6.07, 6.45) is 1.84. The largest absolute Gasteiger partial charge is 0.256 e. The van der Waals surface area contributed by atoms with E-state index in [-0.39, 0.29) is 0 Å². The molecule has 70 valence electrons. The van der Waals surface area contributed by atoms with Gasteiger partial charge in [-0.05, 0) is 36.8 Å². The van der Waals surface area contributed by atoms with E-state index >= 15 is 0 Å². The van der Waals surface area contributed by atoms with Crippen molar-refractivity contribution in [1.29, 1.82) is 0 Å². The van der Waals surface area contributed by atoms with Gasteiger partial charge in [-0.1, -0.05) is 28.1 Å². The average Bonchev–Trinajstić information content (AvgIpc) is 2.18. The quantitative estimate of drug-likeness (QED) is 0.747. The Morgan fingerprint density at radius 2 is 2.00 bits per heavy atom. The molecule has 14 heavy (non-hydrogen) atoms. The van der Waals surface area contributed by atoms with E-state index in [1.54, 1.807) is 0 Å². The van der Waals surface area contributed by atoms with E-state index in [1.807, 2.05) is 24.4 Å². The number of hydrogen-bond acceptors (Lipinski definition) is 1. The van der Waals surface area contributed by atoms with E-state index in [0.29, 0.717) is 0 Å². The highest BCUT2D eigenvalue weighted by Gasteiger charge is 1.98. The van der Waals surface area contributed by atoms with Crippen LogP contribution in [-0.4, -0.2) is 4.98 Å². The lowest BCUT2D eigenvalue weighted by molar-refractivity contribution is 1.28. The maximum Gasteiger partial charge on any atom is 0.0704 e. The van der Waals surface area contributed by atoms with Crippen LogP contribution in [0.3, 0.4) is 0 Å². The van der Waals surface area contributed by atoms with Gasteiger partial charge in [0.1, 0.15) is 0 Å². The second-order valence-corrected chi connectivity index (χ2v) is 4.14. The average molecular weight is 248 g/mol. The molecule has 0 aliphatic carbocycles. The van der Waals surface area contributed by atoms with Crippen molar-refractivity contribution >= 4 is 15.9 Å². The minimum Gasteiger partial charge on any atom is -0.256 e. The molecule has 2 aromatic rings. The van der Waals surface area contributed by atoms with E-state index in [4.69, 9.17) is 0 Å². The van der Waals surface area contributed by atoms with Gasteiger partial charge in [-0.25, -0.2) is 0 Å². The van der Waals surface area contributed by atoms with Crippen molar-refractivity contribution in [1.82, 2.24) is 4.98 Å². The summed E-state index contributed by atoms with van der Waals surface area (Å²) < 4.78 is 1.08. The van der Waals surface area contributed by atoms with Gasteiger partial charge < -0.3 is 0 Å². The van der Waals surface area contributed by atoms with Gasteiger partial charge in [0.25, 0.3) is 0 Å². The Morgan fingerprint density at radius 3 is 2.71 bits per heavy atom. The summed E-state index contributed by atoms with van der Waals surface area (Å²) in [6, 6.07) is 12.3. The second kappa shape index (κ2) is 3.93. The highest BCUT2D eigenvalue weighted by Crippen LogP contribution is 2.21. The van der Waals surface area contributed by atoms with Crippen molar-refractivity contribution in [3.63, 3.8) is 0 Å². The first kappa shape index (κ1) is 9.41. The molecule has 0 bridgehead atoms. The highest BCUT2D eigenvalue weighted by atomic mass is 79.9. The SMILES string of the molecule is Cc1ccnc(-c2cccc(Br)c2)c1. The fourth-order valence-corrected chi connectivity index (χ4v) is 1.74. The molecule has 2 heteroatoms. The molecule has 0 fully saturated rings. The number of nitrogens with zero attached hydrogens (tertiary/aromatic N) is 1. The van der Waals surface area contributed by atoms with Crippen LogP contribution in [0.5, 0.6) is 0 Å². The molecule has 2 rings (SSSR count). The summed E-state index contributed by atoms with van der Waals surface area (Å²) >= 11 is 3.45. The monoisotopic (exact) mass is 247 g/mol. The Hall–Kier alpha value is -1.15. The van der Waals surface area contributed by atoms with Crippen LogP contribution in [0.1, 0.15) is 5.56 Å². The zero-order valence-electron chi connectivity index (χ0n) is 7.87. The van der Waals surface area contributed by atoms with Gasteiger partial charge in [-0.2, -0.15) is 0 Å². The molecule has 0 N–H and O–H groups in total. The summed E-state index contributed by atoms with van der Waals surface area (Å²) in [4.78, 5) is 4.33. The van der Waals surface area contributed by atoms with Gasteiger partial charge in [0.2, 0.25) is 0 Å². The highest BCUT2D eigenvalue weighted by molar-refractivity contribution is 9.10.